The summed E-state index contributed by atoms with van der Waals surface area (Å²) in [5.74, 6) is 5.72. The molecule has 0 bridgehead atoms. The van der Waals surface area contributed by atoms with Crippen molar-refractivity contribution in [3.8, 4) is 5.75 Å². The average molecular weight is 185 g/mol. The fraction of sp³-hybridized carbons (Fsp3) is 0.250. The third kappa shape index (κ3) is 1.16. The van der Waals surface area contributed by atoms with Crippen molar-refractivity contribution in [3.05, 3.63) is 28.3 Å². The van der Waals surface area contributed by atoms with E-state index in [9.17, 15) is 5.11 Å². The molecule has 1 aromatic carbocycles. The van der Waals surface area contributed by atoms with Crippen LogP contribution in [0.1, 0.15) is 11.1 Å². The van der Waals surface area contributed by atoms with Crippen LogP contribution in [0, 0.1) is 0 Å². The molecule has 0 atom stereocenters. The number of fused-ring (bicyclic) bond motifs is 1. The number of halogens is 1. The van der Waals surface area contributed by atoms with Crippen LogP contribution in [-0.2, 0) is 13.1 Å². The Hall–Kier alpha value is -0.770. The van der Waals surface area contributed by atoms with Crippen molar-refractivity contribution >= 4 is 11.6 Å². The highest BCUT2D eigenvalue weighted by molar-refractivity contribution is 6.32. The Morgan fingerprint density at radius 2 is 1.92 bits per heavy atom. The van der Waals surface area contributed by atoms with Crippen LogP contribution in [0.2, 0.25) is 5.02 Å². The van der Waals surface area contributed by atoms with E-state index in [1.54, 1.807) is 17.1 Å². The molecule has 0 amide bonds. The van der Waals surface area contributed by atoms with Crippen LogP contribution in [0.4, 0.5) is 0 Å². The number of nitrogens with zero attached hydrogens (tertiary/aromatic N) is 1. The molecule has 0 unspecified atom stereocenters. The molecule has 3 N–H and O–H groups in total. The second-order valence-corrected chi connectivity index (χ2v) is 3.38. The highest BCUT2D eigenvalue weighted by Crippen LogP contribution is 2.30. The number of aromatic hydroxyl groups is 1. The average Bonchev–Trinajstić information content (AvgIpc) is 2.30. The predicted molar refractivity (Wildman–Crippen MR) is 46.6 cm³/mol. The van der Waals surface area contributed by atoms with Crippen molar-refractivity contribution in [1.82, 2.24) is 5.01 Å². The second kappa shape index (κ2) is 2.62. The molecule has 0 spiro atoms. The Morgan fingerprint density at radius 3 is 2.58 bits per heavy atom. The summed E-state index contributed by atoms with van der Waals surface area (Å²) < 4.78 is 0. The van der Waals surface area contributed by atoms with E-state index in [2.05, 4.69) is 0 Å². The lowest BCUT2D eigenvalue weighted by Crippen LogP contribution is -2.23. The minimum Gasteiger partial charge on any atom is -0.506 e. The Bertz CT molecular complexity index is 296. The number of hydrogen-bond acceptors (Lipinski definition) is 3. The Balaban J connectivity index is 2.48. The molecular formula is C8H9ClN2O. The van der Waals surface area contributed by atoms with Crippen molar-refractivity contribution < 1.29 is 5.11 Å². The summed E-state index contributed by atoms with van der Waals surface area (Å²) in [4.78, 5) is 0. The Labute approximate surface area is 75.3 Å². The fourth-order valence-electron chi connectivity index (χ4n) is 1.43. The highest BCUT2D eigenvalue weighted by Gasteiger charge is 2.17. The fourth-order valence-corrected chi connectivity index (χ4v) is 1.62. The molecule has 0 fully saturated rings. The largest absolute Gasteiger partial charge is 0.506 e. The van der Waals surface area contributed by atoms with Gasteiger partial charge in [0.1, 0.15) is 5.75 Å². The van der Waals surface area contributed by atoms with Crippen LogP contribution >= 0.6 is 11.6 Å². The molecule has 12 heavy (non-hydrogen) atoms. The van der Waals surface area contributed by atoms with Crippen molar-refractivity contribution in [3.63, 3.8) is 0 Å². The molecule has 1 aliphatic heterocycles. The Morgan fingerprint density at radius 1 is 1.33 bits per heavy atom. The van der Waals surface area contributed by atoms with Crippen LogP contribution in [0.25, 0.3) is 0 Å². The van der Waals surface area contributed by atoms with E-state index in [1.807, 2.05) is 0 Å². The molecule has 1 aliphatic rings. The second-order valence-electron chi connectivity index (χ2n) is 2.98. The highest BCUT2D eigenvalue weighted by atomic mass is 35.5. The molecule has 3 nitrogen and oxygen atoms in total. The number of hydrogen-bond donors (Lipinski definition) is 2. The minimum atomic E-state index is 0.130. The van der Waals surface area contributed by atoms with Gasteiger partial charge in [0.2, 0.25) is 0 Å². The van der Waals surface area contributed by atoms with E-state index in [0.717, 1.165) is 11.1 Å². The third-order valence-corrected chi connectivity index (χ3v) is 2.32. The number of nitrogens with two attached hydrogens (primary N) is 1. The summed E-state index contributed by atoms with van der Waals surface area (Å²) in [6.07, 6.45) is 0. The standard InChI is InChI=1S/C8H9ClN2O/c9-7-1-5-3-11(10)4-6(5)2-8(7)12/h1-2,12H,3-4,10H2. The summed E-state index contributed by atoms with van der Waals surface area (Å²) in [5, 5.41) is 11.4. The molecule has 4 heteroatoms. The molecule has 0 radical (unpaired) electrons. The van der Waals surface area contributed by atoms with Gasteiger partial charge < -0.3 is 5.11 Å². The van der Waals surface area contributed by atoms with Gasteiger partial charge >= 0.3 is 0 Å². The van der Waals surface area contributed by atoms with E-state index in [-0.39, 0.29) is 5.75 Å². The van der Waals surface area contributed by atoms with Crippen LogP contribution in [-0.4, -0.2) is 10.1 Å². The molecule has 1 aromatic rings. The molecule has 2 rings (SSSR count). The zero-order chi connectivity index (χ0) is 8.72. The van der Waals surface area contributed by atoms with Crippen LogP contribution in [0.15, 0.2) is 12.1 Å². The molecule has 1 heterocycles. The first-order valence-corrected chi connectivity index (χ1v) is 4.04. The van der Waals surface area contributed by atoms with Gasteiger partial charge in [-0.1, -0.05) is 11.6 Å². The zero-order valence-electron chi connectivity index (χ0n) is 6.42. The van der Waals surface area contributed by atoms with Crippen molar-refractivity contribution in [2.75, 3.05) is 0 Å². The first-order chi connectivity index (χ1) is 5.66. The predicted octanol–water partition coefficient (Wildman–Crippen LogP) is 1.23. The van der Waals surface area contributed by atoms with E-state index in [4.69, 9.17) is 17.4 Å². The normalized spacial score (nSPS) is 16.5. The lowest BCUT2D eigenvalue weighted by Gasteiger charge is -2.02. The third-order valence-electron chi connectivity index (χ3n) is 2.02. The van der Waals surface area contributed by atoms with Gasteiger partial charge in [-0.25, -0.2) is 5.01 Å². The molecule has 64 valence electrons. The van der Waals surface area contributed by atoms with E-state index >= 15 is 0 Å². The molecule has 0 saturated heterocycles. The first-order valence-electron chi connectivity index (χ1n) is 3.67. The van der Waals surface area contributed by atoms with Gasteiger partial charge in [-0.05, 0) is 23.3 Å². The summed E-state index contributed by atoms with van der Waals surface area (Å²) >= 11 is 5.73. The van der Waals surface area contributed by atoms with E-state index in [0.29, 0.717) is 18.1 Å². The lowest BCUT2D eigenvalue weighted by molar-refractivity contribution is 0.295. The summed E-state index contributed by atoms with van der Waals surface area (Å²) in [6.45, 7) is 1.38. The first kappa shape index (κ1) is 7.86. The van der Waals surface area contributed by atoms with Gasteiger partial charge in [-0.15, -0.1) is 0 Å². The van der Waals surface area contributed by atoms with Crippen LogP contribution < -0.4 is 5.84 Å². The van der Waals surface area contributed by atoms with Gasteiger partial charge in [-0.2, -0.15) is 0 Å². The monoisotopic (exact) mass is 184 g/mol. The van der Waals surface area contributed by atoms with Crippen molar-refractivity contribution in [2.45, 2.75) is 13.1 Å². The molecular weight excluding hydrogens is 176 g/mol. The summed E-state index contributed by atoms with van der Waals surface area (Å²) in [6, 6.07) is 3.43. The summed E-state index contributed by atoms with van der Waals surface area (Å²) in [7, 11) is 0. The molecule has 0 saturated carbocycles. The molecule has 0 aliphatic carbocycles. The van der Waals surface area contributed by atoms with Gasteiger partial charge in [0, 0.05) is 13.1 Å². The van der Waals surface area contributed by atoms with Gasteiger partial charge in [0.25, 0.3) is 0 Å². The van der Waals surface area contributed by atoms with Crippen LogP contribution in [0.5, 0.6) is 5.75 Å². The maximum atomic E-state index is 9.28. The number of benzene rings is 1. The smallest absolute Gasteiger partial charge is 0.134 e. The zero-order valence-corrected chi connectivity index (χ0v) is 7.17. The lowest BCUT2D eigenvalue weighted by atomic mass is 10.1. The van der Waals surface area contributed by atoms with E-state index < -0.39 is 0 Å². The number of phenols is 1. The number of hydrazine groups is 1. The number of rotatable bonds is 0. The SMILES string of the molecule is NN1Cc2cc(O)c(Cl)cc2C1. The summed E-state index contributed by atoms with van der Waals surface area (Å²) in [5.41, 5.74) is 2.15. The maximum absolute atomic E-state index is 9.28. The Kier molecular flexibility index (Phi) is 1.72. The van der Waals surface area contributed by atoms with Crippen LogP contribution in [0.3, 0.4) is 0 Å². The quantitative estimate of drug-likeness (QED) is 0.597. The maximum Gasteiger partial charge on any atom is 0.134 e. The number of phenolic OH excluding ortho intramolecular Hbond substituents is 1. The van der Waals surface area contributed by atoms with Gasteiger partial charge in [0.15, 0.2) is 0 Å². The molecule has 0 aromatic heterocycles. The van der Waals surface area contributed by atoms with E-state index in [1.165, 1.54) is 0 Å². The van der Waals surface area contributed by atoms with Gasteiger partial charge in [-0.3, -0.25) is 5.84 Å². The van der Waals surface area contributed by atoms with Gasteiger partial charge in [0.05, 0.1) is 5.02 Å². The van der Waals surface area contributed by atoms with Crippen molar-refractivity contribution in [2.24, 2.45) is 5.84 Å². The topological polar surface area (TPSA) is 49.5 Å². The minimum absolute atomic E-state index is 0.130. The van der Waals surface area contributed by atoms with Crippen molar-refractivity contribution in [1.29, 1.82) is 0 Å².